The monoisotopic (exact) mass is 240 g/mol. The minimum Gasteiger partial charge on any atom is -0.465 e. The molecule has 0 aliphatic carbocycles. The van der Waals surface area contributed by atoms with Crippen molar-refractivity contribution in [3.63, 3.8) is 0 Å². The molecule has 96 valence electrons. The van der Waals surface area contributed by atoms with E-state index in [9.17, 15) is 9.59 Å². The fourth-order valence-corrected chi connectivity index (χ4v) is 2.53. The van der Waals surface area contributed by atoms with Crippen LogP contribution in [0.4, 0.5) is 0 Å². The molecule has 0 aromatic heterocycles. The van der Waals surface area contributed by atoms with Crippen LogP contribution in [0, 0.1) is 11.8 Å². The number of esters is 2. The number of carbonyl (C=O) groups excluding carboxylic acids is 2. The summed E-state index contributed by atoms with van der Waals surface area (Å²) in [6, 6.07) is 0. The van der Waals surface area contributed by atoms with E-state index in [1.54, 1.807) is 0 Å². The molecule has 2 heterocycles. The molecule has 0 amide bonds. The Balaban J connectivity index is 1.56. The maximum atomic E-state index is 10.9. The van der Waals surface area contributed by atoms with Crippen molar-refractivity contribution in [3.05, 3.63) is 0 Å². The molecule has 4 nitrogen and oxygen atoms in total. The Morgan fingerprint density at radius 1 is 0.882 bits per heavy atom. The third-order valence-corrected chi connectivity index (χ3v) is 3.70. The second-order valence-corrected chi connectivity index (χ2v) is 5.11. The Hall–Kier alpha value is -1.06. The van der Waals surface area contributed by atoms with E-state index in [1.807, 2.05) is 0 Å². The standard InChI is InChI=1S/C13H20O4/c14-12-6-4-10(8-16-12)2-1-3-11-5-7-13(15)17-9-11/h10-11H,1-9H2. The highest BCUT2D eigenvalue weighted by Crippen LogP contribution is 2.24. The molecule has 0 saturated carbocycles. The Bertz CT molecular complexity index is 239. The lowest BCUT2D eigenvalue weighted by atomic mass is 9.91. The Morgan fingerprint density at radius 3 is 1.71 bits per heavy atom. The van der Waals surface area contributed by atoms with Crippen molar-refractivity contribution in [2.45, 2.75) is 44.9 Å². The normalized spacial score (nSPS) is 29.6. The number of carbonyl (C=O) groups is 2. The zero-order valence-corrected chi connectivity index (χ0v) is 10.2. The van der Waals surface area contributed by atoms with Crippen molar-refractivity contribution >= 4 is 11.9 Å². The average Bonchev–Trinajstić information content (AvgIpc) is 2.34. The second-order valence-electron chi connectivity index (χ2n) is 5.11. The molecule has 0 aromatic carbocycles. The lowest BCUT2D eigenvalue weighted by Gasteiger charge is -2.24. The molecule has 2 atom stereocenters. The van der Waals surface area contributed by atoms with Gasteiger partial charge in [0, 0.05) is 12.8 Å². The molecular weight excluding hydrogens is 220 g/mol. The third kappa shape index (κ3) is 4.02. The van der Waals surface area contributed by atoms with E-state index in [4.69, 9.17) is 9.47 Å². The smallest absolute Gasteiger partial charge is 0.305 e. The first-order valence-corrected chi connectivity index (χ1v) is 6.55. The van der Waals surface area contributed by atoms with E-state index >= 15 is 0 Å². The first-order valence-electron chi connectivity index (χ1n) is 6.55. The number of hydrogen-bond donors (Lipinski definition) is 0. The highest BCUT2D eigenvalue weighted by atomic mass is 16.5. The molecule has 0 bridgehead atoms. The summed E-state index contributed by atoms with van der Waals surface area (Å²) >= 11 is 0. The van der Waals surface area contributed by atoms with Gasteiger partial charge in [-0.25, -0.2) is 0 Å². The Kier molecular flexibility index (Phi) is 4.40. The van der Waals surface area contributed by atoms with Gasteiger partial charge in [-0.3, -0.25) is 9.59 Å². The minimum atomic E-state index is -0.0551. The van der Waals surface area contributed by atoms with Gasteiger partial charge in [-0.15, -0.1) is 0 Å². The maximum Gasteiger partial charge on any atom is 0.305 e. The first kappa shape index (κ1) is 12.4. The second kappa shape index (κ2) is 6.03. The molecule has 17 heavy (non-hydrogen) atoms. The molecule has 0 N–H and O–H groups in total. The Morgan fingerprint density at radius 2 is 1.35 bits per heavy atom. The summed E-state index contributed by atoms with van der Waals surface area (Å²) in [5, 5.41) is 0. The van der Waals surface area contributed by atoms with Crippen LogP contribution in [0.5, 0.6) is 0 Å². The number of cyclic esters (lactones) is 2. The van der Waals surface area contributed by atoms with Crippen LogP contribution >= 0.6 is 0 Å². The molecule has 2 fully saturated rings. The lowest BCUT2D eigenvalue weighted by molar-refractivity contribution is -0.149. The van der Waals surface area contributed by atoms with Gasteiger partial charge in [-0.2, -0.15) is 0 Å². The van der Waals surface area contributed by atoms with E-state index in [2.05, 4.69) is 0 Å². The zero-order chi connectivity index (χ0) is 12.1. The summed E-state index contributed by atoms with van der Waals surface area (Å²) in [7, 11) is 0. The molecule has 2 saturated heterocycles. The van der Waals surface area contributed by atoms with Crippen LogP contribution in [0.2, 0.25) is 0 Å². The summed E-state index contributed by atoms with van der Waals surface area (Å²) < 4.78 is 10.1. The van der Waals surface area contributed by atoms with Gasteiger partial charge in [0.25, 0.3) is 0 Å². The molecule has 0 radical (unpaired) electrons. The van der Waals surface area contributed by atoms with Gasteiger partial charge in [-0.05, 0) is 37.5 Å². The third-order valence-electron chi connectivity index (χ3n) is 3.70. The summed E-state index contributed by atoms with van der Waals surface area (Å²) in [5.41, 5.74) is 0. The van der Waals surface area contributed by atoms with Gasteiger partial charge < -0.3 is 9.47 Å². The van der Waals surface area contributed by atoms with Crippen molar-refractivity contribution in [1.82, 2.24) is 0 Å². The van der Waals surface area contributed by atoms with Crippen LogP contribution in [-0.4, -0.2) is 25.2 Å². The number of hydrogen-bond acceptors (Lipinski definition) is 4. The molecule has 0 spiro atoms. The predicted molar refractivity (Wildman–Crippen MR) is 61.2 cm³/mol. The zero-order valence-electron chi connectivity index (χ0n) is 10.2. The van der Waals surface area contributed by atoms with Gasteiger partial charge in [0.15, 0.2) is 0 Å². The van der Waals surface area contributed by atoms with Crippen molar-refractivity contribution in [1.29, 1.82) is 0 Å². The van der Waals surface area contributed by atoms with Crippen LogP contribution in [0.1, 0.15) is 44.9 Å². The number of ether oxygens (including phenoxy) is 2. The van der Waals surface area contributed by atoms with E-state index in [1.165, 1.54) is 0 Å². The van der Waals surface area contributed by atoms with Crippen LogP contribution in [0.3, 0.4) is 0 Å². The first-order chi connectivity index (χ1) is 8.24. The number of rotatable bonds is 4. The lowest BCUT2D eigenvalue weighted by Crippen LogP contribution is -2.23. The largest absolute Gasteiger partial charge is 0.465 e. The van der Waals surface area contributed by atoms with E-state index in [0.29, 0.717) is 37.9 Å². The molecular formula is C13H20O4. The van der Waals surface area contributed by atoms with Gasteiger partial charge in [0.1, 0.15) is 0 Å². The fraction of sp³-hybridized carbons (Fsp3) is 0.846. The predicted octanol–water partition coefficient (Wildman–Crippen LogP) is 2.06. The molecule has 2 unspecified atom stereocenters. The summed E-state index contributed by atoms with van der Waals surface area (Å²) in [5.74, 6) is 0.971. The van der Waals surface area contributed by atoms with Crippen LogP contribution < -0.4 is 0 Å². The maximum absolute atomic E-state index is 10.9. The summed E-state index contributed by atoms with van der Waals surface area (Å²) in [4.78, 5) is 21.8. The van der Waals surface area contributed by atoms with Crippen LogP contribution in [-0.2, 0) is 19.1 Å². The van der Waals surface area contributed by atoms with Gasteiger partial charge in [0.2, 0.25) is 0 Å². The minimum absolute atomic E-state index is 0.0551. The molecule has 2 rings (SSSR count). The summed E-state index contributed by atoms with van der Waals surface area (Å²) in [6.07, 6.45) is 6.48. The molecule has 0 aromatic rings. The van der Waals surface area contributed by atoms with Crippen molar-refractivity contribution < 1.29 is 19.1 Å². The van der Waals surface area contributed by atoms with Crippen molar-refractivity contribution in [3.8, 4) is 0 Å². The SMILES string of the molecule is O=C1CCC(CCCC2CCC(=O)OC2)CO1. The highest BCUT2D eigenvalue weighted by molar-refractivity contribution is 5.70. The highest BCUT2D eigenvalue weighted by Gasteiger charge is 2.22. The van der Waals surface area contributed by atoms with E-state index < -0.39 is 0 Å². The molecule has 2 aliphatic rings. The molecule has 2 aliphatic heterocycles. The fourth-order valence-electron chi connectivity index (χ4n) is 2.53. The van der Waals surface area contributed by atoms with Crippen molar-refractivity contribution in [2.75, 3.05) is 13.2 Å². The van der Waals surface area contributed by atoms with Gasteiger partial charge in [-0.1, -0.05) is 6.42 Å². The topological polar surface area (TPSA) is 52.6 Å². The van der Waals surface area contributed by atoms with E-state index in [-0.39, 0.29) is 11.9 Å². The quantitative estimate of drug-likeness (QED) is 0.706. The van der Waals surface area contributed by atoms with Crippen LogP contribution in [0.25, 0.3) is 0 Å². The van der Waals surface area contributed by atoms with Crippen molar-refractivity contribution in [2.24, 2.45) is 11.8 Å². The van der Waals surface area contributed by atoms with Crippen LogP contribution in [0.15, 0.2) is 0 Å². The molecule has 4 heteroatoms. The van der Waals surface area contributed by atoms with E-state index in [0.717, 1.165) is 32.1 Å². The van der Waals surface area contributed by atoms with Gasteiger partial charge in [0.05, 0.1) is 13.2 Å². The summed E-state index contributed by atoms with van der Waals surface area (Å²) in [6.45, 7) is 1.19. The van der Waals surface area contributed by atoms with Gasteiger partial charge >= 0.3 is 11.9 Å². The average molecular weight is 240 g/mol. The Labute approximate surface area is 102 Å².